The van der Waals surface area contributed by atoms with Gasteiger partial charge < -0.3 is 20.7 Å². The first-order valence-electron chi connectivity index (χ1n) is 10.6. The number of ether oxygens (including phenoxy) is 1. The maximum Gasteiger partial charge on any atom is 0.365 e. The number of hydrogen-bond donors (Lipinski definition) is 2. The van der Waals surface area contributed by atoms with Crippen molar-refractivity contribution in [1.82, 2.24) is 10.2 Å². The van der Waals surface area contributed by atoms with Crippen LogP contribution in [0.25, 0.3) is 0 Å². The van der Waals surface area contributed by atoms with Crippen molar-refractivity contribution in [3.05, 3.63) is 82.1 Å². The molecule has 0 aromatic heterocycles. The van der Waals surface area contributed by atoms with Gasteiger partial charge >= 0.3 is 5.97 Å². The van der Waals surface area contributed by atoms with Gasteiger partial charge in [0.25, 0.3) is 0 Å². The third-order valence-electron chi connectivity index (χ3n) is 5.54. The highest BCUT2D eigenvalue weighted by atomic mass is 79.9. The van der Waals surface area contributed by atoms with E-state index in [9.17, 15) is 14.4 Å². The van der Waals surface area contributed by atoms with E-state index in [1.807, 2.05) is 42.5 Å². The average Bonchev–Trinajstić information content (AvgIpc) is 3.41. The molecule has 2 aromatic carbocycles. The molecule has 0 radical (unpaired) electrons. The fraction of sp³-hybridized carbons (Fsp3) is 0.250. The zero-order valence-corrected chi connectivity index (χ0v) is 19.3. The Hall–Kier alpha value is -3.46. The molecule has 0 unspecified atom stereocenters. The van der Waals surface area contributed by atoms with Crippen LogP contribution in [0.15, 0.2) is 76.0 Å². The van der Waals surface area contributed by atoms with Crippen molar-refractivity contribution in [2.45, 2.75) is 31.3 Å². The van der Waals surface area contributed by atoms with Gasteiger partial charge in [0.1, 0.15) is 12.1 Å². The molecule has 8 nitrogen and oxygen atoms in total. The largest absolute Gasteiger partial charge is 0.402 e. The van der Waals surface area contributed by atoms with Crippen LogP contribution in [0.4, 0.5) is 0 Å². The highest BCUT2D eigenvalue weighted by Gasteiger charge is 2.33. The van der Waals surface area contributed by atoms with Crippen molar-refractivity contribution in [2.75, 3.05) is 6.54 Å². The number of esters is 1. The van der Waals surface area contributed by atoms with Crippen LogP contribution >= 0.6 is 15.9 Å². The van der Waals surface area contributed by atoms with E-state index < -0.39 is 24.0 Å². The number of halogens is 1. The van der Waals surface area contributed by atoms with Crippen LogP contribution in [0.5, 0.6) is 0 Å². The first-order chi connectivity index (χ1) is 15.9. The third-order valence-corrected chi connectivity index (χ3v) is 6.07. The molecule has 0 bridgehead atoms. The van der Waals surface area contributed by atoms with Gasteiger partial charge in [-0.3, -0.25) is 9.59 Å². The summed E-state index contributed by atoms with van der Waals surface area (Å²) in [5.74, 6) is -1.26. The summed E-state index contributed by atoms with van der Waals surface area (Å²) < 4.78 is 6.21. The van der Waals surface area contributed by atoms with Gasteiger partial charge in [-0.2, -0.15) is 0 Å². The number of carbonyl (C=O) groups excluding carboxylic acids is 3. The lowest BCUT2D eigenvalue weighted by Gasteiger charge is -2.24. The lowest BCUT2D eigenvalue weighted by atomic mass is 10.0. The van der Waals surface area contributed by atoms with Crippen LogP contribution in [0.2, 0.25) is 0 Å². The molecule has 0 spiro atoms. The van der Waals surface area contributed by atoms with Crippen molar-refractivity contribution in [3.63, 3.8) is 0 Å². The molecule has 2 aliphatic rings. The summed E-state index contributed by atoms with van der Waals surface area (Å²) in [6, 6.07) is 15.3. The lowest BCUT2D eigenvalue weighted by molar-refractivity contribution is -0.130. The normalized spacial score (nSPS) is 19.8. The molecule has 2 atom stereocenters. The summed E-state index contributed by atoms with van der Waals surface area (Å²) in [7, 11) is 0. The van der Waals surface area contributed by atoms with Crippen molar-refractivity contribution in [3.8, 4) is 0 Å². The molecule has 1 fully saturated rings. The predicted molar refractivity (Wildman–Crippen MR) is 126 cm³/mol. The van der Waals surface area contributed by atoms with Crippen molar-refractivity contribution in [2.24, 2.45) is 10.7 Å². The van der Waals surface area contributed by atoms with Gasteiger partial charge in [-0.05, 0) is 42.7 Å². The number of likely N-dealkylation sites (tertiary alicyclic amines) is 1. The minimum absolute atomic E-state index is 0.128. The smallest absolute Gasteiger partial charge is 0.365 e. The van der Waals surface area contributed by atoms with E-state index >= 15 is 0 Å². The molecule has 0 aliphatic carbocycles. The molecule has 33 heavy (non-hydrogen) atoms. The molecule has 2 aliphatic heterocycles. The van der Waals surface area contributed by atoms with Crippen LogP contribution < -0.4 is 11.1 Å². The molecule has 3 N–H and O–H groups in total. The van der Waals surface area contributed by atoms with Gasteiger partial charge in [-0.15, -0.1) is 0 Å². The Balaban J connectivity index is 1.47. The summed E-state index contributed by atoms with van der Waals surface area (Å²) in [5, 5.41) is 2.77. The van der Waals surface area contributed by atoms with Gasteiger partial charge in [0.2, 0.25) is 17.7 Å². The molecular formula is C24H23BrN4O4. The Kier molecular flexibility index (Phi) is 6.88. The van der Waals surface area contributed by atoms with Gasteiger partial charge in [0, 0.05) is 29.2 Å². The topological polar surface area (TPSA) is 114 Å². The average molecular weight is 511 g/mol. The third kappa shape index (κ3) is 5.48. The number of hydrogen-bond acceptors (Lipinski definition) is 6. The number of nitrogens with one attached hydrogen (secondary N) is 1. The number of aliphatic imine (C=N–C) groups is 1. The first-order valence-corrected chi connectivity index (χ1v) is 11.4. The van der Waals surface area contributed by atoms with Crippen molar-refractivity contribution >= 4 is 39.6 Å². The number of rotatable bonds is 7. The van der Waals surface area contributed by atoms with E-state index in [-0.39, 0.29) is 17.5 Å². The molecule has 170 valence electrons. The van der Waals surface area contributed by atoms with Crippen molar-refractivity contribution in [1.29, 1.82) is 0 Å². The fourth-order valence-corrected chi connectivity index (χ4v) is 4.10. The zero-order valence-electron chi connectivity index (χ0n) is 17.7. The monoisotopic (exact) mass is 510 g/mol. The Bertz CT molecular complexity index is 1120. The SMILES string of the molecule is NC(=O)[C@@H](Cc1ccccc1)NC(=O)[C@@H]1CCCN1/C=C1/N=C(c2ccc(Br)cc2)OC1=O. The second-order valence-electron chi connectivity index (χ2n) is 7.88. The zero-order chi connectivity index (χ0) is 23.4. The van der Waals surface area contributed by atoms with E-state index in [1.165, 1.54) is 0 Å². The minimum Gasteiger partial charge on any atom is -0.402 e. The first kappa shape index (κ1) is 22.7. The summed E-state index contributed by atoms with van der Waals surface area (Å²) >= 11 is 3.37. The molecule has 2 amide bonds. The molecule has 0 saturated carbocycles. The van der Waals surface area contributed by atoms with Crippen LogP contribution in [-0.2, 0) is 25.5 Å². The van der Waals surface area contributed by atoms with Crippen LogP contribution in [-0.4, -0.2) is 47.2 Å². The molecule has 2 aromatic rings. The highest BCUT2D eigenvalue weighted by molar-refractivity contribution is 9.10. The lowest BCUT2D eigenvalue weighted by Crippen LogP contribution is -2.51. The van der Waals surface area contributed by atoms with Crippen LogP contribution in [0.3, 0.4) is 0 Å². The van der Waals surface area contributed by atoms with Gasteiger partial charge in [0.15, 0.2) is 5.70 Å². The van der Waals surface area contributed by atoms with Crippen LogP contribution in [0.1, 0.15) is 24.0 Å². The second kappa shape index (κ2) is 9.99. The fourth-order valence-electron chi connectivity index (χ4n) is 3.84. The van der Waals surface area contributed by atoms with E-state index in [1.54, 1.807) is 23.2 Å². The molecule has 2 heterocycles. The number of cyclic esters (lactones) is 1. The quantitative estimate of drug-likeness (QED) is 0.438. The summed E-state index contributed by atoms with van der Waals surface area (Å²) in [4.78, 5) is 43.4. The molecule has 4 rings (SSSR count). The maximum absolute atomic E-state index is 13.0. The molecular weight excluding hydrogens is 488 g/mol. The van der Waals surface area contributed by atoms with E-state index in [0.29, 0.717) is 24.9 Å². The highest BCUT2D eigenvalue weighted by Crippen LogP contribution is 2.23. The Morgan fingerprint density at radius 3 is 2.64 bits per heavy atom. The number of nitrogens with zero attached hydrogens (tertiary/aromatic N) is 2. The minimum atomic E-state index is -0.825. The number of carbonyl (C=O) groups is 3. The summed E-state index contributed by atoms with van der Waals surface area (Å²) in [6.07, 6.45) is 3.22. The van der Waals surface area contributed by atoms with E-state index in [0.717, 1.165) is 16.5 Å². The number of amides is 2. The second-order valence-corrected chi connectivity index (χ2v) is 8.79. The van der Waals surface area contributed by atoms with E-state index in [2.05, 4.69) is 26.2 Å². The van der Waals surface area contributed by atoms with Crippen molar-refractivity contribution < 1.29 is 19.1 Å². The molecule has 1 saturated heterocycles. The Labute approximate surface area is 199 Å². The Morgan fingerprint density at radius 2 is 1.94 bits per heavy atom. The predicted octanol–water partition coefficient (Wildman–Crippen LogP) is 2.27. The Morgan fingerprint density at radius 1 is 1.21 bits per heavy atom. The van der Waals surface area contributed by atoms with Gasteiger partial charge in [-0.25, -0.2) is 9.79 Å². The number of nitrogens with two attached hydrogens (primary N) is 1. The maximum atomic E-state index is 13.0. The summed E-state index contributed by atoms with van der Waals surface area (Å²) in [5.41, 5.74) is 7.24. The van der Waals surface area contributed by atoms with Gasteiger partial charge in [0.05, 0.1) is 0 Å². The van der Waals surface area contributed by atoms with Gasteiger partial charge in [-0.1, -0.05) is 46.3 Å². The van der Waals surface area contributed by atoms with Crippen LogP contribution in [0, 0.1) is 0 Å². The number of primary amides is 1. The molecule has 9 heteroatoms. The standard InChI is InChI=1S/C24H23BrN4O4/c25-17-10-8-16(9-11-17)23-28-19(24(32)33-23)14-29-12-4-7-20(29)22(31)27-18(21(26)30)13-15-5-2-1-3-6-15/h1-3,5-6,8-11,14,18,20H,4,7,12-13H2,(H2,26,30)(H,27,31)/b19-14+/t18-,20+/m1/s1. The summed E-state index contributed by atoms with van der Waals surface area (Å²) in [6.45, 7) is 0.581. The number of benzene rings is 2. The van der Waals surface area contributed by atoms with E-state index in [4.69, 9.17) is 10.5 Å².